The van der Waals surface area contributed by atoms with Gasteiger partial charge in [0.05, 0.1) is 24.9 Å². The number of nitrogens with one attached hydrogen (secondary N) is 1. The van der Waals surface area contributed by atoms with Crippen LogP contribution in [0.5, 0.6) is 0 Å². The Kier molecular flexibility index (Phi) is 6.08. The number of nitrogens with zero attached hydrogens (tertiary/aromatic N) is 3. The van der Waals surface area contributed by atoms with E-state index in [1.165, 1.54) is 11.2 Å². The third-order valence-corrected chi connectivity index (χ3v) is 6.79. The maximum absolute atomic E-state index is 13.5. The summed E-state index contributed by atoms with van der Waals surface area (Å²) in [4.78, 5) is 42.1. The molecule has 1 N–H and O–H groups in total. The highest BCUT2D eigenvalue weighted by Crippen LogP contribution is 2.37. The molecule has 2 aliphatic rings. The van der Waals surface area contributed by atoms with E-state index in [-0.39, 0.29) is 36.7 Å². The summed E-state index contributed by atoms with van der Waals surface area (Å²) in [6.45, 7) is 6.89. The molecule has 0 unspecified atom stereocenters. The zero-order valence-corrected chi connectivity index (χ0v) is 18.8. The minimum absolute atomic E-state index is 0.0244. The van der Waals surface area contributed by atoms with Gasteiger partial charge in [0.1, 0.15) is 17.1 Å². The van der Waals surface area contributed by atoms with E-state index in [1.54, 1.807) is 12.1 Å². The molecule has 4 heterocycles. The lowest BCUT2D eigenvalue weighted by Gasteiger charge is -2.41. The first-order valence-electron chi connectivity index (χ1n) is 11.2. The summed E-state index contributed by atoms with van der Waals surface area (Å²) in [5.41, 5.74) is 0.657. The van der Waals surface area contributed by atoms with Gasteiger partial charge in [0, 0.05) is 18.7 Å². The van der Waals surface area contributed by atoms with Crippen molar-refractivity contribution < 1.29 is 23.3 Å². The first-order chi connectivity index (χ1) is 15.4. The van der Waals surface area contributed by atoms with Crippen molar-refractivity contribution in [2.24, 2.45) is 5.92 Å². The standard InChI is InChI=1S/C23H30N4O5/c1-4-9-23(21(29)27(22(30)24-23)14-18-6-5-12-31-18)17-7-10-26(11-8-17)20(28)13-19-15(2)25-32-16(19)3/h5-6,12,17H,4,7-11,13-14H2,1-3H3,(H,24,30)/t23-/m0/s1. The second-order valence-corrected chi connectivity index (χ2v) is 8.76. The van der Waals surface area contributed by atoms with E-state index in [2.05, 4.69) is 10.5 Å². The molecule has 0 bridgehead atoms. The van der Waals surface area contributed by atoms with Gasteiger partial charge in [-0.2, -0.15) is 0 Å². The highest BCUT2D eigenvalue weighted by molar-refractivity contribution is 6.07. The minimum Gasteiger partial charge on any atom is -0.467 e. The van der Waals surface area contributed by atoms with Gasteiger partial charge in [0.15, 0.2) is 0 Å². The first kappa shape index (κ1) is 22.1. The van der Waals surface area contributed by atoms with E-state index >= 15 is 0 Å². The molecule has 172 valence electrons. The third kappa shape index (κ3) is 3.91. The Balaban J connectivity index is 1.44. The van der Waals surface area contributed by atoms with Gasteiger partial charge >= 0.3 is 6.03 Å². The number of furan rings is 1. The molecule has 2 aromatic rings. The number of aryl methyl sites for hydroxylation is 2. The molecule has 4 amide bonds. The molecule has 0 spiro atoms. The van der Waals surface area contributed by atoms with Gasteiger partial charge in [-0.15, -0.1) is 0 Å². The number of amides is 4. The fourth-order valence-electron chi connectivity index (χ4n) is 5.03. The lowest BCUT2D eigenvalue weighted by Crippen LogP contribution is -2.56. The maximum Gasteiger partial charge on any atom is 0.325 e. The number of carbonyl (C=O) groups is 3. The van der Waals surface area contributed by atoms with Gasteiger partial charge in [-0.1, -0.05) is 18.5 Å². The van der Waals surface area contributed by atoms with Gasteiger partial charge in [0.25, 0.3) is 5.91 Å². The summed E-state index contributed by atoms with van der Waals surface area (Å²) < 4.78 is 10.5. The van der Waals surface area contributed by atoms with Crippen LogP contribution in [0.25, 0.3) is 0 Å². The number of piperidine rings is 1. The normalized spacial score (nSPS) is 22.0. The van der Waals surface area contributed by atoms with Crippen molar-refractivity contribution in [3.8, 4) is 0 Å². The van der Waals surface area contributed by atoms with Crippen molar-refractivity contribution in [1.29, 1.82) is 0 Å². The summed E-state index contributed by atoms with van der Waals surface area (Å²) in [7, 11) is 0. The molecule has 0 aliphatic carbocycles. The fourth-order valence-corrected chi connectivity index (χ4v) is 5.03. The second kappa shape index (κ2) is 8.80. The number of carbonyl (C=O) groups excluding carboxylic acids is 3. The van der Waals surface area contributed by atoms with E-state index in [0.717, 1.165) is 17.7 Å². The van der Waals surface area contributed by atoms with Crippen LogP contribution in [0.15, 0.2) is 27.3 Å². The number of rotatable bonds is 7. The summed E-state index contributed by atoms with van der Waals surface area (Å²) in [5.74, 6) is 1.05. The smallest absolute Gasteiger partial charge is 0.325 e. The largest absolute Gasteiger partial charge is 0.467 e. The van der Waals surface area contributed by atoms with Crippen LogP contribution < -0.4 is 5.32 Å². The Morgan fingerprint density at radius 3 is 2.62 bits per heavy atom. The van der Waals surface area contributed by atoms with Crippen molar-refractivity contribution in [3.63, 3.8) is 0 Å². The van der Waals surface area contributed by atoms with Gasteiger partial charge < -0.3 is 19.2 Å². The number of hydrogen-bond acceptors (Lipinski definition) is 6. The Labute approximate surface area is 187 Å². The van der Waals surface area contributed by atoms with Crippen molar-refractivity contribution in [3.05, 3.63) is 41.2 Å². The molecule has 0 aromatic carbocycles. The quantitative estimate of drug-likeness (QED) is 0.661. The molecule has 2 saturated heterocycles. The molecule has 2 aromatic heterocycles. The monoisotopic (exact) mass is 442 g/mol. The van der Waals surface area contributed by atoms with E-state index in [4.69, 9.17) is 8.94 Å². The average Bonchev–Trinajstić information content (AvgIpc) is 3.47. The van der Waals surface area contributed by atoms with Gasteiger partial charge in [-0.25, -0.2) is 4.79 Å². The van der Waals surface area contributed by atoms with Gasteiger partial charge in [0.2, 0.25) is 5.91 Å². The van der Waals surface area contributed by atoms with Crippen LogP contribution in [0.1, 0.15) is 55.4 Å². The Hall–Kier alpha value is -3.10. The van der Waals surface area contributed by atoms with E-state index in [0.29, 0.717) is 43.9 Å². The molecule has 1 atom stereocenters. The first-order valence-corrected chi connectivity index (χ1v) is 11.2. The number of urea groups is 1. The van der Waals surface area contributed by atoms with Crippen LogP contribution in [-0.4, -0.2) is 51.4 Å². The Bertz CT molecular complexity index is 971. The summed E-state index contributed by atoms with van der Waals surface area (Å²) in [6.07, 6.45) is 4.46. The topological polar surface area (TPSA) is 109 Å². The highest BCUT2D eigenvalue weighted by atomic mass is 16.5. The molecule has 9 nitrogen and oxygen atoms in total. The molecular formula is C23H30N4O5. The maximum atomic E-state index is 13.5. The number of aromatic nitrogens is 1. The number of likely N-dealkylation sites (tertiary alicyclic amines) is 1. The Morgan fingerprint density at radius 2 is 2.03 bits per heavy atom. The van der Waals surface area contributed by atoms with Gasteiger partial charge in [-0.3, -0.25) is 14.5 Å². The zero-order valence-electron chi connectivity index (χ0n) is 18.8. The van der Waals surface area contributed by atoms with E-state index < -0.39 is 5.54 Å². The van der Waals surface area contributed by atoms with Crippen LogP contribution in [0.2, 0.25) is 0 Å². The molecule has 32 heavy (non-hydrogen) atoms. The van der Waals surface area contributed by atoms with E-state index in [1.807, 2.05) is 25.7 Å². The van der Waals surface area contributed by atoms with Crippen LogP contribution in [0.4, 0.5) is 4.79 Å². The van der Waals surface area contributed by atoms with Crippen molar-refractivity contribution in [2.75, 3.05) is 13.1 Å². The van der Waals surface area contributed by atoms with Crippen LogP contribution in [-0.2, 0) is 22.6 Å². The molecule has 2 aliphatic heterocycles. The molecule has 0 saturated carbocycles. The molecule has 9 heteroatoms. The number of hydrogen-bond donors (Lipinski definition) is 1. The van der Waals surface area contributed by atoms with Crippen molar-refractivity contribution in [1.82, 2.24) is 20.3 Å². The second-order valence-electron chi connectivity index (χ2n) is 8.76. The molecule has 2 fully saturated rings. The predicted molar refractivity (Wildman–Crippen MR) is 114 cm³/mol. The number of imide groups is 1. The molecule has 0 radical (unpaired) electrons. The van der Waals surface area contributed by atoms with Crippen molar-refractivity contribution >= 4 is 17.8 Å². The molecule has 4 rings (SSSR count). The average molecular weight is 443 g/mol. The van der Waals surface area contributed by atoms with Crippen LogP contribution in [0, 0.1) is 19.8 Å². The van der Waals surface area contributed by atoms with Gasteiger partial charge in [-0.05, 0) is 51.2 Å². The van der Waals surface area contributed by atoms with E-state index in [9.17, 15) is 14.4 Å². The lowest BCUT2D eigenvalue weighted by atomic mass is 9.74. The summed E-state index contributed by atoms with van der Waals surface area (Å²) >= 11 is 0. The predicted octanol–water partition coefficient (Wildman–Crippen LogP) is 2.96. The van der Waals surface area contributed by atoms with Crippen molar-refractivity contribution in [2.45, 2.75) is 65.0 Å². The zero-order chi connectivity index (χ0) is 22.9. The van der Waals surface area contributed by atoms with Crippen LogP contribution >= 0.6 is 0 Å². The highest BCUT2D eigenvalue weighted by Gasteiger charge is 2.55. The Morgan fingerprint density at radius 1 is 1.28 bits per heavy atom. The summed E-state index contributed by atoms with van der Waals surface area (Å²) in [6, 6.07) is 3.11. The summed E-state index contributed by atoms with van der Waals surface area (Å²) in [5, 5.41) is 6.94. The lowest BCUT2D eigenvalue weighted by molar-refractivity contribution is -0.136. The SMILES string of the molecule is CCC[C@@]1(C2CCN(C(=O)Cc3c(C)noc3C)CC2)NC(=O)N(Cc2ccco2)C1=O. The third-order valence-electron chi connectivity index (χ3n) is 6.79. The van der Waals surface area contributed by atoms with Crippen LogP contribution in [0.3, 0.4) is 0 Å². The minimum atomic E-state index is -0.921. The molecular weight excluding hydrogens is 412 g/mol. The fraction of sp³-hybridized carbons (Fsp3) is 0.565.